The summed E-state index contributed by atoms with van der Waals surface area (Å²) in [5.74, 6) is -6.14. The van der Waals surface area contributed by atoms with Crippen LogP contribution in [0.25, 0.3) is 0 Å². The molecule has 0 aliphatic carbocycles. The zero-order valence-electron chi connectivity index (χ0n) is 25.8. The van der Waals surface area contributed by atoms with Crippen molar-refractivity contribution in [1.29, 1.82) is 0 Å². The Labute approximate surface area is 264 Å². The fourth-order valence-electron chi connectivity index (χ4n) is 4.49. The molecule has 46 heavy (non-hydrogen) atoms. The standard InChI is InChI=1S/C29H40N6O11/c1-29(2,3)20(36)12-17(13-21-30-8-10-34(21)15-23(37)32-18(27(43)44)4-6-25(39)40)14-22-31-9-11-35(22)16-24(38)33-19(28(45)46)5-7-26(41)42/h8-11,17-19H,4-7,12-16H2,1-3H3,(H,32,37)(H,33,38)(H,39,40)(H,41,42)(H,43,44)(H,45,46)/t18-,19-/m0/s1. The first-order valence-electron chi connectivity index (χ1n) is 14.5. The molecule has 17 nitrogen and oxygen atoms in total. The van der Waals surface area contributed by atoms with Gasteiger partial charge in [0.25, 0.3) is 0 Å². The highest BCUT2D eigenvalue weighted by atomic mass is 16.4. The third kappa shape index (κ3) is 12.5. The quantitative estimate of drug-likeness (QED) is 0.113. The van der Waals surface area contributed by atoms with Crippen LogP contribution in [0.1, 0.15) is 64.5 Å². The molecule has 0 radical (unpaired) electrons. The van der Waals surface area contributed by atoms with Crippen molar-refractivity contribution in [2.75, 3.05) is 0 Å². The zero-order valence-corrected chi connectivity index (χ0v) is 25.8. The Morgan fingerprint density at radius 2 is 1.11 bits per heavy atom. The lowest BCUT2D eigenvalue weighted by Crippen LogP contribution is -2.42. The largest absolute Gasteiger partial charge is 0.481 e. The lowest BCUT2D eigenvalue weighted by molar-refractivity contribution is -0.144. The summed E-state index contributed by atoms with van der Waals surface area (Å²) in [6, 6.07) is -2.79. The first-order valence-corrected chi connectivity index (χ1v) is 14.5. The predicted octanol–water partition coefficient (Wildman–Crippen LogP) is 0.355. The Morgan fingerprint density at radius 1 is 0.717 bits per heavy atom. The van der Waals surface area contributed by atoms with Gasteiger partial charge in [-0.2, -0.15) is 0 Å². The van der Waals surface area contributed by atoms with E-state index < -0.39 is 71.9 Å². The van der Waals surface area contributed by atoms with E-state index in [0.29, 0.717) is 11.6 Å². The molecule has 2 atom stereocenters. The highest BCUT2D eigenvalue weighted by molar-refractivity contribution is 5.85. The monoisotopic (exact) mass is 648 g/mol. The van der Waals surface area contributed by atoms with Gasteiger partial charge < -0.3 is 40.2 Å². The summed E-state index contributed by atoms with van der Waals surface area (Å²) < 4.78 is 2.98. The molecule has 2 amide bonds. The molecule has 0 unspecified atom stereocenters. The number of aromatic nitrogens is 4. The smallest absolute Gasteiger partial charge is 0.326 e. The van der Waals surface area contributed by atoms with Crippen LogP contribution in [-0.2, 0) is 59.5 Å². The van der Waals surface area contributed by atoms with Crippen molar-refractivity contribution in [2.45, 2.75) is 90.9 Å². The van der Waals surface area contributed by atoms with Crippen LogP contribution in [0, 0.1) is 11.3 Å². The maximum atomic E-state index is 13.1. The third-order valence-corrected chi connectivity index (χ3v) is 7.04. The molecule has 0 fully saturated rings. The summed E-state index contributed by atoms with van der Waals surface area (Å²) in [7, 11) is 0. The number of nitrogens with one attached hydrogen (secondary N) is 2. The van der Waals surface area contributed by atoms with Gasteiger partial charge in [-0.1, -0.05) is 20.8 Å². The van der Waals surface area contributed by atoms with Gasteiger partial charge in [0.2, 0.25) is 11.8 Å². The number of carboxylic acids is 4. The fourth-order valence-corrected chi connectivity index (χ4v) is 4.49. The molecule has 252 valence electrons. The molecule has 0 aliphatic heterocycles. The Bertz CT molecular complexity index is 1330. The van der Waals surface area contributed by atoms with E-state index in [2.05, 4.69) is 20.6 Å². The van der Waals surface area contributed by atoms with Crippen LogP contribution >= 0.6 is 0 Å². The van der Waals surface area contributed by atoms with Crippen LogP contribution in [0.5, 0.6) is 0 Å². The number of ketones is 1. The topological polar surface area (TPSA) is 260 Å². The molecule has 0 spiro atoms. The molecule has 0 bridgehead atoms. The number of hydrogen-bond acceptors (Lipinski definition) is 9. The number of aliphatic carboxylic acids is 4. The number of hydrogen-bond donors (Lipinski definition) is 6. The van der Waals surface area contributed by atoms with E-state index in [1.165, 1.54) is 33.9 Å². The molecule has 2 aromatic rings. The molecule has 2 aromatic heterocycles. The average Bonchev–Trinajstić information content (AvgIpc) is 3.56. The van der Waals surface area contributed by atoms with Gasteiger partial charge in [-0.05, 0) is 18.8 Å². The van der Waals surface area contributed by atoms with Gasteiger partial charge in [-0.15, -0.1) is 0 Å². The van der Waals surface area contributed by atoms with Crippen molar-refractivity contribution >= 4 is 41.5 Å². The zero-order chi connectivity index (χ0) is 34.6. The number of Topliss-reactive ketones (excluding diaryl/α,β-unsaturated/α-hetero) is 1. The van der Waals surface area contributed by atoms with Gasteiger partial charge in [0.1, 0.15) is 42.6 Å². The van der Waals surface area contributed by atoms with Crippen molar-refractivity contribution in [3.8, 4) is 0 Å². The first kappa shape index (κ1) is 37.1. The predicted molar refractivity (Wildman–Crippen MR) is 157 cm³/mol. The number of imidazole rings is 2. The van der Waals surface area contributed by atoms with E-state index >= 15 is 0 Å². The first-order chi connectivity index (χ1) is 21.5. The molecule has 17 heteroatoms. The SMILES string of the molecule is CC(C)(C)C(=O)CC(Cc1nccn1CC(=O)N[C@@H](CCC(=O)O)C(=O)O)Cc1nccn1CC(=O)N[C@@H](CCC(=O)O)C(=O)O. The fraction of sp³-hybridized carbons (Fsp3) is 0.552. The lowest BCUT2D eigenvalue weighted by atomic mass is 9.83. The molecule has 2 heterocycles. The number of amides is 2. The van der Waals surface area contributed by atoms with E-state index in [1.807, 2.05) is 0 Å². The van der Waals surface area contributed by atoms with Gasteiger partial charge in [-0.25, -0.2) is 19.6 Å². The van der Waals surface area contributed by atoms with E-state index in [0.717, 1.165) is 0 Å². The number of carboxylic acid groups (broad SMARTS) is 4. The van der Waals surface area contributed by atoms with E-state index in [1.54, 1.807) is 20.8 Å². The second-order valence-electron chi connectivity index (χ2n) is 11.9. The molecule has 0 aromatic carbocycles. The van der Waals surface area contributed by atoms with Crippen molar-refractivity contribution in [2.24, 2.45) is 11.3 Å². The molecular formula is C29H40N6O11. The van der Waals surface area contributed by atoms with E-state index in [9.17, 15) is 43.8 Å². The van der Waals surface area contributed by atoms with Crippen LogP contribution < -0.4 is 10.6 Å². The van der Waals surface area contributed by atoms with Crippen molar-refractivity contribution in [1.82, 2.24) is 29.7 Å². The van der Waals surface area contributed by atoms with Gasteiger partial charge >= 0.3 is 23.9 Å². The third-order valence-electron chi connectivity index (χ3n) is 7.04. The van der Waals surface area contributed by atoms with Crippen LogP contribution in [0.15, 0.2) is 24.8 Å². The maximum Gasteiger partial charge on any atom is 0.326 e. The molecule has 2 rings (SSSR count). The Balaban J connectivity index is 2.20. The Morgan fingerprint density at radius 3 is 1.43 bits per heavy atom. The second kappa shape index (κ2) is 16.8. The summed E-state index contributed by atoms with van der Waals surface area (Å²) in [6.07, 6.45) is 4.91. The maximum absolute atomic E-state index is 13.1. The summed E-state index contributed by atoms with van der Waals surface area (Å²) in [4.78, 5) is 91.7. The summed E-state index contributed by atoms with van der Waals surface area (Å²) in [6.45, 7) is 4.70. The van der Waals surface area contributed by atoms with E-state index in [-0.39, 0.29) is 51.0 Å². The van der Waals surface area contributed by atoms with Crippen molar-refractivity contribution in [3.63, 3.8) is 0 Å². The lowest BCUT2D eigenvalue weighted by Gasteiger charge is -2.23. The van der Waals surface area contributed by atoms with Crippen LogP contribution in [0.3, 0.4) is 0 Å². The number of nitrogens with zero attached hydrogens (tertiary/aromatic N) is 4. The number of carbonyl (C=O) groups is 7. The molecule has 6 N–H and O–H groups in total. The van der Waals surface area contributed by atoms with Gasteiger partial charge in [0.15, 0.2) is 0 Å². The minimum Gasteiger partial charge on any atom is -0.481 e. The van der Waals surface area contributed by atoms with Gasteiger partial charge in [0.05, 0.1) is 0 Å². The summed E-state index contributed by atoms with van der Waals surface area (Å²) in [5, 5.41) is 41.1. The number of rotatable bonds is 20. The molecule has 0 aliphatic rings. The Kier molecular flexibility index (Phi) is 13.6. The summed E-state index contributed by atoms with van der Waals surface area (Å²) in [5.41, 5.74) is -0.674. The van der Waals surface area contributed by atoms with Crippen LogP contribution in [0.2, 0.25) is 0 Å². The molecule has 0 saturated carbocycles. The van der Waals surface area contributed by atoms with Crippen molar-refractivity contribution in [3.05, 3.63) is 36.4 Å². The van der Waals surface area contributed by atoms with Crippen LogP contribution in [-0.4, -0.2) is 93.1 Å². The normalized spacial score (nSPS) is 12.7. The minimum atomic E-state index is -1.40. The summed E-state index contributed by atoms with van der Waals surface area (Å²) >= 11 is 0. The average molecular weight is 649 g/mol. The van der Waals surface area contributed by atoms with Gasteiger partial charge in [-0.3, -0.25) is 24.0 Å². The number of carbonyl (C=O) groups excluding carboxylic acids is 3. The van der Waals surface area contributed by atoms with Gasteiger partial charge in [0, 0.05) is 62.3 Å². The highest BCUT2D eigenvalue weighted by Gasteiger charge is 2.28. The highest BCUT2D eigenvalue weighted by Crippen LogP contribution is 2.24. The van der Waals surface area contributed by atoms with Crippen LogP contribution in [0.4, 0.5) is 0 Å². The van der Waals surface area contributed by atoms with E-state index in [4.69, 9.17) is 10.2 Å². The Hall–Kier alpha value is -5.09. The second-order valence-corrected chi connectivity index (χ2v) is 11.9. The minimum absolute atomic E-state index is 0.0605. The molecular weight excluding hydrogens is 608 g/mol. The van der Waals surface area contributed by atoms with Crippen molar-refractivity contribution < 1.29 is 54.0 Å². The molecule has 0 saturated heterocycles.